The fourth-order valence-corrected chi connectivity index (χ4v) is 6.06. The van der Waals surface area contributed by atoms with Crippen molar-refractivity contribution >= 4 is 11.7 Å². The fourth-order valence-electron chi connectivity index (χ4n) is 6.06. The minimum Gasteiger partial charge on any atom is -0.493 e. The molecule has 1 amide bonds. The Balaban J connectivity index is 1.19. The van der Waals surface area contributed by atoms with E-state index >= 15 is 0 Å². The third-order valence-electron chi connectivity index (χ3n) is 8.56. The Bertz CT molecular complexity index is 1250. The Labute approximate surface area is 232 Å². The molecule has 2 aliphatic heterocycles. The highest BCUT2D eigenvalue weighted by atomic mass is 16.5. The predicted octanol–water partition coefficient (Wildman–Crippen LogP) is 5.55. The highest BCUT2D eigenvalue weighted by Crippen LogP contribution is 2.29. The standard InChI is InChI=1S/C33H40N4O2/c38-33(36-19-17-35(18-20-36)32-12-2-3-15-34-32)28-13-14-31-29(24-28)23-26-8-6-9-27(22-26)25-37(30-10-7-11-30)16-4-1-5-21-39-31/h2-3,6,8-9,12-15,22,24,30H,1,4-5,7,10-11,16-21,23,25H2. The summed E-state index contributed by atoms with van der Waals surface area (Å²) in [5.74, 6) is 1.99. The normalized spacial score (nSPS) is 19.4. The van der Waals surface area contributed by atoms with Gasteiger partial charge in [-0.1, -0.05) is 36.8 Å². The number of nitrogens with zero attached hydrogens (tertiary/aromatic N) is 4. The van der Waals surface area contributed by atoms with E-state index in [-0.39, 0.29) is 5.91 Å². The second-order valence-corrected chi connectivity index (χ2v) is 11.3. The molecule has 2 aromatic carbocycles. The van der Waals surface area contributed by atoms with Crippen molar-refractivity contribution in [1.82, 2.24) is 14.8 Å². The molecule has 3 heterocycles. The van der Waals surface area contributed by atoms with Gasteiger partial charge in [0.25, 0.3) is 5.91 Å². The summed E-state index contributed by atoms with van der Waals surface area (Å²) >= 11 is 0. The summed E-state index contributed by atoms with van der Waals surface area (Å²) in [7, 11) is 0. The lowest BCUT2D eigenvalue weighted by Gasteiger charge is -2.38. The lowest BCUT2D eigenvalue weighted by molar-refractivity contribution is 0.0746. The predicted molar refractivity (Wildman–Crippen MR) is 155 cm³/mol. The number of aromatic nitrogens is 1. The van der Waals surface area contributed by atoms with Gasteiger partial charge in [0, 0.05) is 56.9 Å². The van der Waals surface area contributed by atoms with Gasteiger partial charge in [-0.05, 0) is 85.7 Å². The molecule has 0 atom stereocenters. The number of hydrogen-bond acceptors (Lipinski definition) is 5. The van der Waals surface area contributed by atoms with Gasteiger partial charge in [0.1, 0.15) is 11.6 Å². The Morgan fingerprint density at radius 3 is 2.49 bits per heavy atom. The van der Waals surface area contributed by atoms with E-state index in [2.05, 4.69) is 45.1 Å². The largest absolute Gasteiger partial charge is 0.493 e. The Kier molecular flexibility index (Phi) is 8.10. The van der Waals surface area contributed by atoms with E-state index in [1.165, 1.54) is 49.8 Å². The first-order valence-electron chi connectivity index (χ1n) is 14.8. The Hall–Kier alpha value is -3.38. The first-order chi connectivity index (χ1) is 19.2. The summed E-state index contributed by atoms with van der Waals surface area (Å²) in [6.07, 6.45) is 10.1. The molecule has 1 saturated carbocycles. The molecule has 1 aliphatic carbocycles. The molecule has 1 saturated heterocycles. The van der Waals surface area contributed by atoms with Gasteiger partial charge in [-0.3, -0.25) is 9.69 Å². The maximum absolute atomic E-state index is 13.5. The SMILES string of the molecule is O=C(c1ccc2c(c1)Cc1cccc(c1)CN(C1CCC1)CCCCCO2)N1CCN(c2ccccn2)CC1. The van der Waals surface area contributed by atoms with E-state index < -0.39 is 0 Å². The molecule has 0 unspecified atom stereocenters. The highest BCUT2D eigenvalue weighted by molar-refractivity contribution is 5.94. The van der Waals surface area contributed by atoms with Gasteiger partial charge in [0.05, 0.1) is 6.61 Å². The number of benzene rings is 2. The molecule has 2 fully saturated rings. The molecule has 0 radical (unpaired) electrons. The fraction of sp³-hybridized carbons (Fsp3) is 0.455. The average Bonchev–Trinajstić information content (AvgIpc) is 2.94. The minimum atomic E-state index is 0.0998. The molecule has 204 valence electrons. The van der Waals surface area contributed by atoms with Crippen molar-refractivity contribution in [3.8, 4) is 5.75 Å². The molecule has 0 N–H and O–H groups in total. The van der Waals surface area contributed by atoms with Crippen LogP contribution in [0.2, 0.25) is 0 Å². The quantitative estimate of drug-likeness (QED) is 0.450. The van der Waals surface area contributed by atoms with Gasteiger partial charge in [-0.15, -0.1) is 0 Å². The van der Waals surface area contributed by atoms with Crippen molar-refractivity contribution in [2.45, 2.75) is 57.5 Å². The van der Waals surface area contributed by atoms with Crippen molar-refractivity contribution in [1.29, 1.82) is 0 Å². The van der Waals surface area contributed by atoms with Crippen LogP contribution >= 0.6 is 0 Å². The van der Waals surface area contributed by atoms with Gasteiger partial charge in [0.15, 0.2) is 0 Å². The monoisotopic (exact) mass is 524 g/mol. The van der Waals surface area contributed by atoms with Crippen LogP contribution in [0.5, 0.6) is 5.75 Å². The van der Waals surface area contributed by atoms with E-state index in [0.717, 1.165) is 67.8 Å². The van der Waals surface area contributed by atoms with Crippen LogP contribution in [0.25, 0.3) is 0 Å². The van der Waals surface area contributed by atoms with Crippen LogP contribution in [0, 0.1) is 0 Å². The van der Waals surface area contributed by atoms with Crippen LogP contribution in [0.4, 0.5) is 5.82 Å². The van der Waals surface area contributed by atoms with Gasteiger partial charge < -0.3 is 14.5 Å². The van der Waals surface area contributed by atoms with Crippen LogP contribution in [0.15, 0.2) is 66.9 Å². The van der Waals surface area contributed by atoms with Crippen molar-refractivity contribution in [3.05, 3.63) is 89.1 Å². The number of hydrogen-bond donors (Lipinski definition) is 0. The first-order valence-corrected chi connectivity index (χ1v) is 14.8. The topological polar surface area (TPSA) is 48.9 Å². The summed E-state index contributed by atoms with van der Waals surface area (Å²) in [5.41, 5.74) is 4.50. The molecule has 1 aromatic heterocycles. The molecular formula is C33H40N4O2. The number of anilines is 1. The third kappa shape index (κ3) is 6.27. The number of amides is 1. The van der Waals surface area contributed by atoms with E-state index in [9.17, 15) is 4.79 Å². The molecular weight excluding hydrogens is 484 g/mol. The summed E-state index contributed by atoms with van der Waals surface area (Å²) < 4.78 is 6.30. The zero-order chi connectivity index (χ0) is 26.4. The molecule has 2 bridgehead atoms. The van der Waals surface area contributed by atoms with Crippen molar-refractivity contribution in [3.63, 3.8) is 0 Å². The number of rotatable bonds is 3. The minimum absolute atomic E-state index is 0.0998. The van der Waals surface area contributed by atoms with Crippen molar-refractivity contribution < 1.29 is 9.53 Å². The number of carbonyl (C=O) groups is 1. The Morgan fingerprint density at radius 1 is 0.821 bits per heavy atom. The smallest absolute Gasteiger partial charge is 0.253 e. The van der Waals surface area contributed by atoms with Crippen LogP contribution in [-0.4, -0.2) is 66.1 Å². The summed E-state index contributed by atoms with van der Waals surface area (Å²) in [6, 6.07) is 21.8. The molecule has 6 rings (SSSR count). The lowest BCUT2D eigenvalue weighted by atomic mass is 9.90. The van der Waals surface area contributed by atoms with Gasteiger partial charge >= 0.3 is 0 Å². The highest BCUT2D eigenvalue weighted by Gasteiger charge is 2.26. The number of ether oxygens (including phenoxy) is 1. The molecule has 3 aromatic rings. The zero-order valence-corrected chi connectivity index (χ0v) is 22.9. The van der Waals surface area contributed by atoms with Gasteiger partial charge in [0.2, 0.25) is 0 Å². The van der Waals surface area contributed by atoms with Crippen molar-refractivity contribution in [2.75, 3.05) is 44.2 Å². The average molecular weight is 525 g/mol. The maximum Gasteiger partial charge on any atom is 0.253 e. The second kappa shape index (κ2) is 12.2. The van der Waals surface area contributed by atoms with Crippen molar-refractivity contribution in [2.24, 2.45) is 0 Å². The van der Waals surface area contributed by atoms with Crippen LogP contribution in [-0.2, 0) is 13.0 Å². The number of pyridine rings is 1. The molecule has 6 heteroatoms. The second-order valence-electron chi connectivity index (χ2n) is 11.3. The van der Waals surface area contributed by atoms with Crippen LogP contribution in [0.1, 0.15) is 65.6 Å². The Morgan fingerprint density at radius 2 is 1.69 bits per heavy atom. The molecule has 3 aliphatic rings. The van der Waals surface area contributed by atoms with Gasteiger partial charge in [-0.2, -0.15) is 0 Å². The number of carbonyl (C=O) groups excluding carboxylic acids is 1. The number of piperazine rings is 1. The van der Waals surface area contributed by atoms with Crippen LogP contribution < -0.4 is 9.64 Å². The molecule has 0 spiro atoms. The van der Waals surface area contributed by atoms with Gasteiger partial charge in [-0.25, -0.2) is 4.98 Å². The summed E-state index contributed by atoms with van der Waals surface area (Å²) in [5, 5.41) is 0. The van der Waals surface area contributed by atoms with E-state index in [4.69, 9.17) is 4.74 Å². The number of fused-ring (bicyclic) bond motifs is 3. The summed E-state index contributed by atoms with van der Waals surface area (Å²) in [6.45, 7) is 5.91. The maximum atomic E-state index is 13.5. The first kappa shape index (κ1) is 25.9. The van der Waals surface area contributed by atoms with E-state index in [1.54, 1.807) is 0 Å². The molecule has 6 nitrogen and oxygen atoms in total. The lowest BCUT2D eigenvalue weighted by Crippen LogP contribution is -2.49. The van der Waals surface area contributed by atoms with E-state index in [1.807, 2.05) is 41.4 Å². The summed E-state index contributed by atoms with van der Waals surface area (Å²) in [4.78, 5) is 24.9. The zero-order valence-electron chi connectivity index (χ0n) is 22.9. The third-order valence-corrected chi connectivity index (χ3v) is 8.56. The van der Waals surface area contributed by atoms with Crippen LogP contribution in [0.3, 0.4) is 0 Å². The van der Waals surface area contributed by atoms with E-state index in [0.29, 0.717) is 13.1 Å². The molecule has 39 heavy (non-hydrogen) atoms.